The number of rotatable bonds is 14. The van der Waals surface area contributed by atoms with Crippen LogP contribution in [0.1, 0.15) is 63.2 Å². The number of hydrogen-bond acceptors (Lipinski definition) is 9. The van der Waals surface area contributed by atoms with E-state index >= 15 is 0 Å². The Bertz CT molecular complexity index is 1980. The van der Waals surface area contributed by atoms with Crippen molar-refractivity contribution in [2.75, 3.05) is 20.8 Å². The Hall–Kier alpha value is -5.04. The third kappa shape index (κ3) is 6.55. The molecule has 0 radical (unpaired) electrons. The first-order chi connectivity index (χ1) is 23.5. The molecule has 0 saturated carbocycles. The van der Waals surface area contributed by atoms with Gasteiger partial charge in [-0.3, -0.25) is 0 Å². The number of aromatic nitrogens is 8. The third-order valence-corrected chi connectivity index (χ3v) is 8.35. The molecule has 0 spiro atoms. The topological polar surface area (TPSA) is 129 Å². The molecule has 1 atom stereocenters. The molecule has 4 heterocycles. The number of hydrogen-bond donors (Lipinski definition) is 0. The molecule has 4 aromatic heterocycles. The first kappa shape index (κ1) is 32.9. The van der Waals surface area contributed by atoms with E-state index in [0.717, 1.165) is 52.1 Å². The zero-order valence-electron chi connectivity index (χ0n) is 27.9. The molecular formula is C36H40N8O4. The fraction of sp³-hybridized carbons (Fsp3) is 0.333. The highest BCUT2D eigenvalue weighted by Gasteiger charge is 2.26. The minimum atomic E-state index is -0.774. The number of tetrazole rings is 1. The SMILES string of the molecule is CCCCc1nc2cc(-c3cccc[n+]3[O-])c(C(OC)OC)nc2n1Cc1ccc(-c2ccccc2-c2nnnn2C(C)OCC)cc1. The number of benzene rings is 2. The molecule has 48 heavy (non-hydrogen) atoms. The van der Waals surface area contributed by atoms with E-state index in [1.54, 1.807) is 31.0 Å². The molecule has 0 aliphatic carbocycles. The standard InChI is InChI=1S/C36H40N8O4/c1-6-8-16-32-37-30-22-29(31-15-11-12-21-43(31)45)33(36(46-4)47-5)38-35(30)42(32)23-25-17-19-26(20-18-25)27-13-9-10-14-28(27)34-39-40-41-44(34)24(3)48-7-2/h9-15,17-22,24,36H,6-8,16,23H2,1-5H3. The van der Waals surface area contributed by atoms with Gasteiger partial charge in [-0.25, -0.2) is 9.97 Å². The fourth-order valence-corrected chi connectivity index (χ4v) is 5.97. The molecule has 2 aromatic carbocycles. The zero-order valence-corrected chi connectivity index (χ0v) is 27.9. The van der Waals surface area contributed by atoms with Gasteiger partial charge in [0, 0.05) is 44.9 Å². The largest absolute Gasteiger partial charge is 0.618 e. The van der Waals surface area contributed by atoms with Crippen molar-refractivity contribution in [2.45, 2.75) is 59.1 Å². The van der Waals surface area contributed by atoms with Gasteiger partial charge >= 0.3 is 0 Å². The molecule has 12 nitrogen and oxygen atoms in total. The van der Waals surface area contributed by atoms with Crippen molar-refractivity contribution in [3.05, 3.63) is 101 Å². The van der Waals surface area contributed by atoms with Gasteiger partial charge in [-0.1, -0.05) is 61.9 Å². The van der Waals surface area contributed by atoms with E-state index in [2.05, 4.69) is 57.3 Å². The molecule has 0 N–H and O–H groups in total. The lowest BCUT2D eigenvalue weighted by molar-refractivity contribution is -0.593. The molecule has 0 bridgehead atoms. The molecule has 248 valence electrons. The molecule has 0 saturated heterocycles. The number of nitrogens with zero attached hydrogens (tertiary/aromatic N) is 8. The van der Waals surface area contributed by atoms with Gasteiger partial charge in [0.05, 0.1) is 12.1 Å². The van der Waals surface area contributed by atoms with Crippen LogP contribution in [0.25, 0.3) is 44.9 Å². The number of aryl methyl sites for hydroxylation is 1. The van der Waals surface area contributed by atoms with Gasteiger partial charge in [-0.2, -0.15) is 9.41 Å². The van der Waals surface area contributed by atoms with E-state index < -0.39 is 6.29 Å². The predicted octanol–water partition coefficient (Wildman–Crippen LogP) is 6.29. The summed E-state index contributed by atoms with van der Waals surface area (Å²) in [6, 6.07) is 23.8. The lowest BCUT2D eigenvalue weighted by Crippen LogP contribution is -2.28. The van der Waals surface area contributed by atoms with Crippen LogP contribution in [0, 0.1) is 5.21 Å². The first-order valence-corrected chi connectivity index (χ1v) is 16.2. The van der Waals surface area contributed by atoms with Gasteiger partial charge in [-0.15, -0.1) is 5.10 Å². The molecule has 0 aliphatic heterocycles. The van der Waals surface area contributed by atoms with Gasteiger partial charge < -0.3 is 24.0 Å². The summed E-state index contributed by atoms with van der Waals surface area (Å²) in [5, 5.41) is 25.3. The Morgan fingerprint density at radius 2 is 1.65 bits per heavy atom. The Labute approximate surface area is 279 Å². The van der Waals surface area contributed by atoms with Crippen molar-refractivity contribution >= 4 is 11.2 Å². The first-order valence-electron chi connectivity index (χ1n) is 16.2. The van der Waals surface area contributed by atoms with Crippen molar-refractivity contribution in [1.29, 1.82) is 0 Å². The number of imidazole rings is 1. The third-order valence-electron chi connectivity index (χ3n) is 8.35. The van der Waals surface area contributed by atoms with E-state index in [0.29, 0.717) is 47.1 Å². The molecule has 0 fully saturated rings. The average molecular weight is 649 g/mol. The van der Waals surface area contributed by atoms with Gasteiger partial charge in [0.25, 0.3) is 0 Å². The van der Waals surface area contributed by atoms with E-state index in [-0.39, 0.29) is 6.23 Å². The van der Waals surface area contributed by atoms with Gasteiger partial charge in [0.2, 0.25) is 12.0 Å². The highest BCUT2D eigenvalue weighted by atomic mass is 16.7. The minimum Gasteiger partial charge on any atom is -0.618 e. The van der Waals surface area contributed by atoms with E-state index in [9.17, 15) is 5.21 Å². The van der Waals surface area contributed by atoms with Crippen molar-refractivity contribution in [3.8, 4) is 33.8 Å². The van der Waals surface area contributed by atoms with Crippen LogP contribution in [0.15, 0.2) is 79.0 Å². The molecular weight excluding hydrogens is 608 g/mol. The maximum Gasteiger partial charge on any atom is 0.225 e. The summed E-state index contributed by atoms with van der Waals surface area (Å²) in [6.45, 7) is 7.16. The van der Waals surface area contributed by atoms with Crippen LogP contribution >= 0.6 is 0 Å². The smallest absolute Gasteiger partial charge is 0.225 e. The quantitative estimate of drug-likeness (QED) is 0.0760. The molecule has 12 heteroatoms. The Kier molecular flexibility index (Phi) is 10.1. The summed E-state index contributed by atoms with van der Waals surface area (Å²) in [6.07, 6.45) is 3.20. The number of fused-ring (bicyclic) bond motifs is 1. The molecule has 6 rings (SSSR count). The van der Waals surface area contributed by atoms with E-state index in [1.165, 1.54) is 6.20 Å². The van der Waals surface area contributed by atoms with Crippen LogP contribution in [0.2, 0.25) is 0 Å². The summed E-state index contributed by atoms with van der Waals surface area (Å²) in [5.74, 6) is 1.58. The van der Waals surface area contributed by atoms with Crippen LogP contribution in [0.4, 0.5) is 0 Å². The number of ether oxygens (including phenoxy) is 3. The minimum absolute atomic E-state index is 0.301. The maximum absolute atomic E-state index is 12.8. The second-order valence-corrected chi connectivity index (χ2v) is 11.4. The van der Waals surface area contributed by atoms with Crippen LogP contribution in [0.3, 0.4) is 0 Å². The van der Waals surface area contributed by atoms with Crippen molar-refractivity contribution in [1.82, 2.24) is 34.7 Å². The zero-order chi connectivity index (χ0) is 33.6. The summed E-state index contributed by atoms with van der Waals surface area (Å²) >= 11 is 0. The Morgan fingerprint density at radius 1 is 0.896 bits per heavy atom. The lowest BCUT2D eigenvalue weighted by atomic mass is 9.98. The van der Waals surface area contributed by atoms with Crippen LogP contribution in [0.5, 0.6) is 0 Å². The predicted molar refractivity (Wildman–Crippen MR) is 181 cm³/mol. The lowest BCUT2D eigenvalue weighted by Gasteiger charge is -2.17. The van der Waals surface area contributed by atoms with Gasteiger partial charge in [-0.05, 0) is 59.5 Å². The Balaban J connectivity index is 1.39. The Morgan fingerprint density at radius 3 is 2.35 bits per heavy atom. The van der Waals surface area contributed by atoms with Crippen LogP contribution in [-0.2, 0) is 27.2 Å². The van der Waals surface area contributed by atoms with Gasteiger partial charge in [0.15, 0.2) is 23.9 Å². The van der Waals surface area contributed by atoms with Crippen molar-refractivity contribution in [3.63, 3.8) is 0 Å². The molecule has 1 unspecified atom stereocenters. The second-order valence-electron chi connectivity index (χ2n) is 11.4. The number of unbranched alkanes of at least 4 members (excludes halogenated alkanes) is 1. The molecule has 0 aliphatic rings. The normalized spacial score (nSPS) is 12.3. The van der Waals surface area contributed by atoms with Crippen LogP contribution < -0.4 is 4.73 Å². The monoisotopic (exact) mass is 648 g/mol. The summed E-state index contributed by atoms with van der Waals surface area (Å²) in [7, 11) is 3.12. The summed E-state index contributed by atoms with van der Waals surface area (Å²) < 4.78 is 21.7. The number of pyridine rings is 2. The van der Waals surface area contributed by atoms with E-state index in [4.69, 9.17) is 24.2 Å². The second kappa shape index (κ2) is 14.8. The molecule has 6 aromatic rings. The highest BCUT2D eigenvalue weighted by Crippen LogP contribution is 2.34. The molecule has 0 amide bonds. The average Bonchev–Trinajstić information content (AvgIpc) is 3.73. The van der Waals surface area contributed by atoms with Crippen LogP contribution in [-0.4, -0.2) is 55.6 Å². The van der Waals surface area contributed by atoms with Crippen molar-refractivity contribution in [2.24, 2.45) is 0 Å². The highest BCUT2D eigenvalue weighted by molar-refractivity contribution is 5.81. The maximum atomic E-state index is 12.8. The van der Waals surface area contributed by atoms with Gasteiger partial charge in [0.1, 0.15) is 17.0 Å². The number of methoxy groups -OCH3 is 2. The van der Waals surface area contributed by atoms with Crippen molar-refractivity contribution < 1.29 is 18.9 Å². The summed E-state index contributed by atoms with van der Waals surface area (Å²) in [4.78, 5) is 10.1. The van der Waals surface area contributed by atoms with E-state index in [1.807, 2.05) is 44.2 Å². The fourth-order valence-electron chi connectivity index (χ4n) is 5.97. The summed E-state index contributed by atoms with van der Waals surface area (Å²) in [5.41, 5.74) is 7.05.